The molecule has 38 heavy (non-hydrogen) atoms. The Kier molecular flexibility index (Phi) is 7.21. The summed E-state index contributed by atoms with van der Waals surface area (Å²) < 4.78 is 13.1. The number of ether oxygens (including phenoxy) is 2. The Balaban J connectivity index is 1.53. The summed E-state index contributed by atoms with van der Waals surface area (Å²) >= 11 is 0. The van der Waals surface area contributed by atoms with Gasteiger partial charge in [0.2, 0.25) is 0 Å². The normalized spacial score (nSPS) is 16.6. The lowest BCUT2D eigenvalue weighted by atomic mass is 9.95. The number of imidazole rings is 1. The predicted molar refractivity (Wildman–Crippen MR) is 142 cm³/mol. The molecule has 1 amide bonds. The van der Waals surface area contributed by atoms with Crippen molar-refractivity contribution in [2.75, 3.05) is 13.7 Å². The number of aromatic nitrogens is 2. The van der Waals surface area contributed by atoms with E-state index in [1.54, 1.807) is 50.0 Å². The summed E-state index contributed by atoms with van der Waals surface area (Å²) in [6.07, 6.45) is 5.85. The number of amides is 1. The van der Waals surface area contributed by atoms with Crippen LogP contribution in [0.4, 0.5) is 0 Å². The van der Waals surface area contributed by atoms with Gasteiger partial charge in [0, 0.05) is 31.0 Å². The molecule has 1 fully saturated rings. The molecular weight excluding hydrogens is 482 g/mol. The van der Waals surface area contributed by atoms with Gasteiger partial charge in [0.05, 0.1) is 25.1 Å². The second-order valence-electron chi connectivity index (χ2n) is 8.86. The fraction of sp³-hybridized carbons (Fsp3) is 0.167. The maximum absolute atomic E-state index is 13.3. The van der Waals surface area contributed by atoms with Crippen LogP contribution in [0.15, 0.2) is 103 Å². The van der Waals surface area contributed by atoms with Crippen molar-refractivity contribution in [3.05, 3.63) is 114 Å². The van der Waals surface area contributed by atoms with Crippen LogP contribution in [0.5, 0.6) is 17.2 Å². The Morgan fingerprint density at radius 1 is 0.921 bits per heavy atom. The van der Waals surface area contributed by atoms with Crippen LogP contribution in [-0.2, 0) is 16.1 Å². The molecule has 0 spiro atoms. The van der Waals surface area contributed by atoms with Gasteiger partial charge in [-0.25, -0.2) is 4.98 Å². The minimum Gasteiger partial charge on any atom is -0.507 e. The molecule has 3 aromatic carbocycles. The molecule has 0 bridgehead atoms. The first-order valence-electron chi connectivity index (χ1n) is 12.3. The summed E-state index contributed by atoms with van der Waals surface area (Å²) in [6, 6.07) is 22.5. The van der Waals surface area contributed by atoms with Crippen molar-refractivity contribution in [3.63, 3.8) is 0 Å². The number of nitrogens with zero attached hydrogens (tertiary/aromatic N) is 3. The highest BCUT2D eigenvalue weighted by Gasteiger charge is 2.45. The van der Waals surface area contributed by atoms with Gasteiger partial charge < -0.3 is 24.0 Å². The van der Waals surface area contributed by atoms with E-state index in [-0.39, 0.29) is 11.3 Å². The molecule has 1 N–H and O–H groups in total. The molecule has 1 aliphatic heterocycles. The van der Waals surface area contributed by atoms with Crippen LogP contribution in [0.3, 0.4) is 0 Å². The number of carbonyl (C=O) groups excluding carboxylic acids is 2. The van der Waals surface area contributed by atoms with Crippen molar-refractivity contribution < 1.29 is 24.2 Å². The Morgan fingerprint density at radius 2 is 1.68 bits per heavy atom. The molecule has 192 valence electrons. The monoisotopic (exact) mass is 509 g/mol. The number of methoxy groups -OCH3 is 1. The molecule has 0 saturated carbocycles. The molecule has 0 radical (unpaired) electrons. The lowest BCUT2D eigenvalue weighted by Gasteiger charge is -2.26. The maximum atomic E-state index is 13.3. The van der Waals surface area contributed by atoms with E-state index in [4.69, 9.17) is 9.47 Å². The average Bonchev–Trinajstić information content (AvgIpc) is 3.56. The van der Waals surface area contributed by atoms with Crippen LogP contribution in [0.25, 0.3) is 5.76 Å². The van der Waals surface area contributed by atoms with Crippen molar-refractivity contribution >= 4 is 17.4 Å². The number of rotatable bonds is 9. The van der Waals surface area contributed by atoms with Gasteiger partial charge in [0.25, 0.3) is 11.7 Å². The Bertz CT molecular complexity index is 1450. The van der Waals surface area contributed by atoms with E-state index in [2.05, 4.69) is 4.98 Å². The third-order valence-corrected chi connectivity index (χ3v) is 6.43. The number of benzene rings is 3. The van der Waals surface area contributed by atoms with Gasteiger partial charge in [-0.05, 0) is 60.5 Å². The maximum Gasteiger partial charge on any atom is 0.295 e. The zero-order chi connectivity index (χ0) is 26.5. The average molecular weight is 510 g/mol. The second-order valence-corrected chi connectivity index (χ2v) is 8.86. The lowest BCUT2D eigenvalue weighted by molar-refractivity contribution is -0.139. The SMILES string of the molecule is COc1ccc(C(O)=C2C(=O)C(=O)N(CCCn3ccnc3)[C@@H]2c2cccc(Oc3ccccc3)c2)cc1. The zero-order valence-electron chi connectivity index (χ0n) is 20.9. The molecule has 0 unspecified atom stereocenters. The van der Waals surface area contributed by atoms with E-state index in [0.717, 1.165) is 0 Å². The largest absolute Gasteiger partial charge is 0.507 e. The molecule has 2 heterocycles. The third kappa shape index (κ3) is 5.15. The molecule has 8 heteroatoms. The number of ketones is 1. The molecule has 1 aromatic heterocycles. The van der Waals surface area contributed by atoms with E-state index in [1.807, 2.05) is 59.3 Å². The van der Waals surface area contributed by atoms with Crippen molar-refractivity contribution in [1.82, 2.24) is 14.5 Å². The highest BCUT2D eigenvalue weighted by Crippen LogP contribution is 2.41. The Hall–Kier alpha value is -4.85. The molecule has 1 aliphatic rings. The Morgan fingerprint density at radius 3 is 2.39 bits per heavy atom. The summed E-state index contributed by atoms with van der Waals surface area (Å²) in [4.78, 5) is 32.2. The summed E-state index contributed by atoms with van der Waals surface area (Å²) in [7, 11) is 1.55. The first-order valence-corrected chi connectivity index (χ1v) is 12.3. The van der Waals surface area contributed by atoms with Crippen molar-refractivity contribution in [3.8, 4) is 17.2 Å². The zero-order valence-corrected chi connectivity index (χ0v) is 20.9. The van der Waals surface area contributed by atoms with Gasteiger partial charge in [-0.1, -0.05) is 30.3 Å². The molecule has 1 atom stereocenters. The van der Waals surface area contributed by atoms with Gasteiger partial charge in [-0.3, -0.25) is 9.59 Å². The van der Waals surface area contributed by atoms with Crippen LogP contribution in [0, 0.1) is 0 Å². The standard InChI is InChI=1S/C30H27N3O5/c1-37-23-13-11-21(12-14-23)28(34)26-27(22-7-5-10-25(19-22)38-24-8-3-2-4-9-24)33(30(36)29(26)35)17-6-16-32-18-15-31-20-32/h2-5,7-15,18-20,27,34H,6,16-17H2,1H3/t27-/m1/s1. The number of hydrogen-bond donors (Lipinski definition) is 1. The quantitative estimate of drug-likeness (QED) is 0.189. The van der Waals surface area contributed by atoms with Crippen molar-refractivity contribution in [1.29, 1.82) is 0 Å². The first-order chi connectivity index (χ1) is 18.5. The second kappa shape index (κ2) is 11.0. The number of aliphatic hydroxyl groups is 1. The highest BCUT2D eigenvalue weighted by atomic mass is 16.5. The number of Topliss-reactive ketones (excluding diaryl/α,β-unsaturated/α-hetero) is 1. The number of aliphatic hydroxyl groups excluding tert-OH is 1. The molecule has 0 aliphatic carbocycles. The van der Waals surface area contributed by atoms with Crippen molar-refractivity contribution in [2.24, 2.45) is 0 Å². The van der Waals surface area contributed by atoms with Gasteiger partial charge in [-0.15, -0.1) is 0 Å². The third-order valence-electron chi connectivity index (χ3n) is 6.43. The molecule has 4 aromatic rings. The van der Waals surface area contributed by atoms with Crippen LogP contribution in [-0.4, -0.2) is 44.9 Å². The molecular formula is C30H27N3O5. The topological polar surface area (TPSA) is 93.9 Å². The van der Waals surface area contributed by atoms with Crippen LogP contribution in [0.2, 0.25) is 0 Å². The number of para-hydroxylation sites is 1. The number of hydrogen-bond acceptors (Lipinski definition) is 6. The van der Waals surface area contributed by atoms with Gasteiger partial charge >= 0.3 is 0 Å². The fourth-order valence-electron chi connectivity index (χ4n) is 4.58. The molecule has 1 saturated heterocycles. The highest BCUT2D eigenvalue weighted by molar-refractivity contribution is 6.46. The van der Waals surface area contributed by atoms with Gasteiger partial charge in [0.15, 0.2) is 0 Å². The molecule has 8 nitrogen and oxygen atoms in total. The fourth-order valence-corrected chi connectivity index (χ4v) is 4.58. The summed E-state index contributed by atoms with van der Waals surface area (Å²) in [6.45, 7) is 0.946. The van der Waals surface area contributed by atoms with Gasteiger partial charge in [-0.2, -0.15) is 0 Å². The first kappa shape index (κ1) is 24.8. The smallest absolute Gasteiger partial charge is 0.295 e. The van der Waals surface area contributed by atoms with Crippen LogP contribution in [0.1, 0.15) is 23.6 Å². The van der Waals surface area contributed by atoms with Crippen molar-refractivity contribution in [2.45, 2.75) is 19.0 Å². The van der Waals surface area contributed by atoms with Gasteiger partial charge in [0.1, 0.15) is 23.0 Å². The van der Waals surface area contributed by atoms with E-state index in [1.165, 1.54) is 4.90 Å². The van der Waals surface area contributed by atoms with E-state index in [0.29, 0.717) is 47.9 Å². The Labute approximate surface area is 220 Å². The minimum absolute atomic E-state index is 0.0414. The number of carbonyl (C=O) groups is 2. The minimum atomic E-state index is -0.779. The number of aryl methyl sites for hydroxylation is 1. The van der Waals surface area contributed by atoms with Crippen LogP contribution < -0.4 is 9.47 Å². The summed E-state index contributed by atoms with van der Waals surface area (Å²) in [5, 5.41) is 11.3. The predicted octanol–water partition coefficient (Wildman–Crippen LogP) is 5.20. The van der Waals surface area contributed by atoms with E-state index < -0.39 is 17.7 Å². The van der Waals surface area contributed by atoms with Crippen LogP contribution >= 0.6 is 0 Å². The van der Waals surface area contributed by atoms with E-state index in [9.17, 15) is 14.7 Å². The summed E-state index contributed by atoms with van der Waals surface area (Å²) in [5.41, 5.74) is 1.12. The summed E-state index contributed by atoms with van der Waals surface area (Å²) in [5.74, 6) is 0.233. The van der Waals surface area contributed by atoms with E-state index >= 15 is 0 Å². The lowest BCUT2D eigenvalue weighted by Crippen LogP contribution is -2.31. The molecule has 5 rings (SSSR count). The number of likely N-dealkylation sites (tertiary alicyclic amines) is 1.